The van der Waals surface area contributed by atoms with Gasteiger partial charge in [0.1, 0.15) is 12.2 Å². The second-order valence-corrected chi connectivity index (χ2v) is 6.39. The zero-order valence-corrected chi connectivity index (χ0v) is 13.3. The molecule has 0 N–H and O–H groups in total. The van der Waals surface area contributed by atoms with Gasteiger partial charge in [-0.25, -0.2) is 4.79 Å². The predicted molar refractivity (Wildman–Crippen MR) is 75.7 cm³/mol. The van der Waals surface area contributed by atoms with E-state index < -0.39 is 36.2 Å². The van der Waals surface area contributed by atoms with Gasteiger partial charge in [0.05, 0.1) is 18.9 Å². The Morgan fingerprint density at radius 3 is 2.65 bits per heavy atom. The quantitative estimate of drug-likeness (QED) is 0.320. The number of esters is 3. The molecule has 126 valence electrons. The third-order valence-electron chi connectivity index (χ3n) is 4.99. The lowest BCUT2D eigenvalue weighted by Gasteiger charge is -2.31. The van der Waals surface area contributed by atoms with E-state index in [0.29, 0.717) is 6.42 Å². The number of fused-ring (bicyclic) bond motifs is 1. The van der Waals surface area contributed by atoms with Gasteiger partial charge in [-0.05, 0) is 20.3 Å². The van der Waals surface area contributed by atoms with E-state index in [4.69, 9.17) is 18.9 Å². The van der Waals surface area contributed by atoms with Crippen molar-refractivity contribution in [2.24, 2.45) is 23.7 Å². The number of ether oxygens (including phenoxy) is 4. The summed E-state index contributed by atoms with van der Waals surface area (Å²) in [6.07, 6.45) is -1.00. The second-order valence-electron chi connectivity index (χ2n) is 6.39. The van der Waals surface area contributed by atoms with Gasteiger partial charge in [0, 0.05) is 17.4 Å². The van der Waals surface area contributed by atoms with Crippen molar-refractivity contribution in [1.82, 2.24) is 0 Å². The molecular weight excluding hydrogens is 304 g/mol. The smallest absolute Gasteiger partial charge is 0.335 e. The van der Waals surface area contributed by atoms with Gasteiger partial charge in [-0.2, -0.15) is 0 Å². The molecule has 1 aliphatic heterocycles. The average molecular weight is 324 g/mol. The van der Waals surface area contributed by atoms with E-state index in [2.05, 4.69) is 6.58 Å². The van der Waals surface area contributed by atoms with E-state index in [-0.39, 0.29) is 29.5 Å². The van der Waals surface area contributed by atoms with E-state index in [1.54, 1.807) is 13.8 Å². The molecule has 0 aromatic carbocycles. The molecular formula is C16H20O7. The number of carbonyl (C=O) groups excluding carboxylic acids is 3. The summed E-state index contributed by atoms with van der Waals surface area (Å²) in [7, 11) is 1.30. The molecule has 0 aromatic rings. The number of hydrogen-bond acceptors (Lipinski definition) is 7. The maximum atomic E-state index is 12.1. The Bertz CT molecular complexity index is 569. The zero-order chi connectivity index (χ0) is 16.9. The van der Waals surface area contributed by atoms with Crippen LogP contribution in [0.5, 0.6) is 0 Å². The van der Waals surface area contributed by atoms with Crippen LogP contribution < -0.4 is 0 Å². The Labute approximate surface area is 133 Å². The Balaban J connectivity index is 1.74. The SMILES string of the molecule is C=C(C)C(=O)OC(C)OC1C2CC3C1OC(=O)C3C2C(=O)OC. The largest absolute Gasteiger partial charge is 0.469 e. The Hall–Kier alpha value is -1.89. The third kappa shape index (κ3) is 2.43. The van der Waals surface area contributed by atoms with E-state index in [9.17, 15) is 14.4 Å². The fraction of sp³-hybridized carbons (Fsp3) is 0.688. The van der Waals surface area contributed by atoms with Crippen LogP contribution in [0, 0.1) is 23.7 Å². The third-order valence-corrected chi connectivity index (χ3v) is 4.99. The van der Waals surface area contributed by atoms with Crippen LogP contribution in [0.1, 0.15) is 20.3 Å². The van der Waals surface area contributed by atoms with Gasteiger partial charge in [0.25, 0.3) is 0 Å². The van der Waals surface area contributed by atoms with E-state index in [0.717, 1.165) is 0 Å². The molecule has 1 saturated heterocycles. The number of carbonyl (C=O) groups is 3. The topological polar surface area (TPSA) is 88.1 Å². The molecule has 7 unspecified atom stereocenters. The Morgan fingerprint density at radius 2 is 2.04 bits per heavy atom. The van der Waals surface area contributed by atoms with E-state index in [1.165, 1.54) is 7.11 Å². The lowest BCUT2D eigenvalue weighted by atomic mass is 9.78. The standard InChI is InChI=1S/C16H20O7/c1-6(2)14(17)22-7(3)21-12-8-5-9-11(10(8)15(18)20-4)16(19)23-13(9)12/h7-13H,1,5H2,2-4H3. The molecule has 3 rings (SSSR count). The molecule has 1 heterocycles. The molecule has 3 fully saturated rings. The van der Waals surface area contributed by atoms with Crippen molar-refractivity contribution in [2.75, 3.05) is 7.11 Å². The van der Waals surface area contributed by atoms with Crippen molar-refractivity contribution in [3.05, 3.63) is 12.2 Å². The lowest BCUT2D eigenvalue weighted by Crippen LogP contribution is -2.44. The van der Waals surface area contributed by atoms with Crippen molar-refractivity contribution < 1.29 is 33.3 Å². The van der Waals surface area contributed by atoms with Crippen LogP contribution >= 0.6 is 0 Å². The lowest BCUT2D eigenvalue weighted by molar-refractivity contribution is -0.201. The summed E-state index contributed by atoms with van der Waals surface area (Å²) in [5, 5.41) is 0. The van der Waals surface area contributed by atoms with Gasteiger partial charge in [0.15, 0.2) is 0 Å². The molecule has 0 radical (unpaired) electrons. The highest BCUT2D eigenvalue weighted by atomic mass is 16.7. The monoisotopic (exact) mass is 324 g/mol. The minimum absolute atomic E-state index is 0.0364. The van der Waals surface area contributed by atoms with E-state index in [1.807, 2.05) is 0 Å². The summed E-state index contributed by atoms with van der Waals surface area (Å²) >= 11 is 0. The molecule has 0 aromatic heterocycles. The summed E-state index contributed by atoms with van der Waals surface area (Å²) in [5.74, 6) is -2.52. The average Bonchev–Trinajstić information content (AvgIpc) is 3.09. The summed E-state index contributed by atoms with van der Waals surface area (Å²) in [6.45, 7) is 6.65. The summed E-state index contributed by atoms with van der Waals surface area (Å²) in [4.78, 5) is 35.6. The van der Waals surface area contributed by atoms with Gasteiger partial charge in [0.2, 0.25) is 6.29 Å². The molecule has 7 nitrogen and oxygen atoms in total. The first-order chi connectivity index (χ1) is 10.8. The van der Waals surface area contributed by atoms with E-state index >= 15 is 0 Å². The van der Waals surface area contributed by atoms with Crippen LogP contribution in [0.4, 0.5) is 0 Å². The second kappa shape index (κ2) is 5.63. The molecule has 2 saturated carbocycles. The molecule has 2 bridgehead atoms. The van der Waals surface area contributed by atoms with Gasteiger partial charge < -0.3 is 18.9 Å². The molecule has 3 aliphatic rings. The maximum absolute atomic E-state index is 12.1. The molecule has 7 heteroatoms. The van der Waals surface area contributed by atoms with Crippen molar-refractivity contribution in [3.63, 3.8) is 0 Å². The first kappa shape index (κ1) is 16.0. The van der Waals surface area contributed by atoms with Crippen molar-refractivity contribution in [3.8, 4) is 0 Å². The van der Waals surface area contributed by atoms with Gasteiger partial charge in [-0.1, -0.05) is 6.58 Å². The highest BCUT2D eigenvalue weighted by Crippen LogP contribution is 2.59. The predicted octanol–water partition coefficient (Wildman–Crippen LogP) is 0.817. The highest BCUT2D eigenvalue weighted by molar-refractivity contribution is 5.87. The summed E-state index contributed by atoms with van der Waals surface area (Å²) < 4.78 is 21.2. The Kier molecular flexibility index (Phi) is 3.91. The van der Waals surface area contributed by atoms with Crippen molar-refractivity contribution in [2.45, 2.75) is 38.8 Å². The van der Waals surface area contributed by atoms with Crippen molar-refractivity contribution >= 4 is 17.9 Å². The van der Waals surface area contributed by atoms with Crippen LogP contribution in [-0.2, 0) is 33.3 Å². The van der Waals surface area contributed by atoms with Gasteiger partial charge >= 0.3 is 17.9 Å². The van der Waals surface area contributed by atoms with Crippen LogP contribution in [-0.4, -0.2) is 43.5 Å². The minimum atomic E-state index is -0.820. The molecule has 7 atom stereocenters. The summed E-state index contributed by atoms with van der Waals surface area (Å²) in [6, 6.07) is 0. The normalized spacial score (nSPS) is 38.1. The van der Waals surface area contributed by atoms with Crippen LogP contribution in [0.2, 0.25) is 0 Å². The van der Waals surface area contributed by atoms with Crippen LogP contribution in [0.3, 0.4) is 0 Å². The maximum Gasteiger partial charge on any atom is 0.335 e. The highest BCUT2D eigenvalue weighted by Gasteiger charge is 2.69. The zero-order valence-electron chi connectivity index (χ0n) is 13.3. The Morgan fingerprint density at radius 1 is 1.35 bits per heavy atom. The molecule has 0 spiro atoms. The fourth-order valence-electron chi connectivity index (χ4n) is 4.13. The first-order valence-electron chi connectivity index (χ1n) is 7.65. The molecule has 23 heavy (non-hydrogen) atoms. The minimum Gasteiger partial charge on any atom is -0.469 e. The molecule has 0 amide bonds. The fourth-order valence-corrected chi connectivity index (χ4v) is 4.13. The summed E-state index contributed by atoms with van der Waals surface area (Å²) in [5.41, 5.74) is 0.271. The molecule has 2 aliphatic carbocycles. The number of methoxy groups -OCH3 is 1. The first-order valence-corrected chi connectivity index (χ1v) is 7.65. The van der Waals surface area contributed by atoms with Crippen LogP contribution in [0.15, 0.2) is 12.2 Å². The van der Waals surface area contributed by atoms with Gasteiger partial charge in [-0.15, -0.1) is 0 Å². The van der Waals surface area contributed by atoms with Crippen LogP contribution in [0.25, 0.3) is 0 Å². The van der Waals surface area contributed by atoms with Gasteiger partial charge in [-0.3, -0.25) is 9.59 Å². The number of rotatable bonds is 5. The number of hydrogen-bond donors (Lipinski definition) is 0. The van der Waals surface area contributed by atoms with Crippen molar-refractivity contribution in [1.29, 1.82) is 0 Å².